The first-order valence-electron chi connectivity index (χ1n) is 10.9. The standard InChI is InChI=1S/C25H23F3N4O4/c1-14-11-15(2)31-23(30-14)36-21(22(34)35)24(16-7-6-8-17(12-16)25(26,27)28)18-9-4-5-10-19(18)32(3)20(33)13-29-24/h4-12,21,29H,13H2,1-3H3,(H,34,35)/t21-,24+/m1/s1. The van der Waals surface area contributed by atoms with E-state index in [1.165, 1.54) is 24.1 Å². The van der Waals surface area contributed by atoms with E-state index < -0.39 is 35.3 Å². The molecule has 4 rings (SSSR count). The van der Waals surface area contributed by atoms with E-state index in [0.29, 0.717) is 17.1 Å². The summed E-state index contributed by atoms with van der Waals surface area (Å²) < 4.78 is 47.0. The lowest BCUT2D eigenvalue weighted by molar-refractivity contribution is -0.149. The Labute approximate surface area is 204 Å². The number of hydrogen-bond acceptors (Lipinski definition) is 6. The number of nitrogens with zero attached hydrogens (tertiary/aromatic N) is 3. The Morgan fingerprint density at radius 1 is 1.11 bits per heavy atom. The molecule has 0 spiro atoms. The highest BCUT2D eigenvalue weighted by Crippen LogP contribution is 2.43. The lowest BCUT2D eigenvalue weighted by Crippen LogP contribution is -2.58. The monoisotopic (exact) mass is 500 g/mol. The number of benzene rings is 2. The van der Waals surface area contributed by atoms with Crippen LogP contribution in [0.5, 0.6) is 6.01 Å². The molecule has 3 aromatic rings. The summed E-state index contributed by atoms with van der Waals surface area (Å²) in [6.07, 6.45) is -6.55. The number of carbonyl (C=O) groups is 2. The first-order valence-corrected chi connectivity index (χ1v) is 10.9. The minimum Gasteiger partial charge on any atom is -0.478 e. The molecule has 8 nitrogen and oxygen atoms in total. The van der Waals surface area contributed by atoms with Crippen LogP contribution in [0.4, 0.5) is 18.9 Å². The van der Waals surface area contributed by atoms with Crippen molar-refractivity contribution in [3.05, 3.63) is 82.7 Å². The Balaban J connectivity index is 2.04. The van der Waals surface area contributed by atoms with Crippen LogP contribution in [-0.2, 0) is 21.3 Å². The number of amides is 1. The maximum absolute atomic E-state index is 13.7. The van der Waals surface area contributed by atoms with Crippen LogP contribution in [-0.4, -0.2) is 46.6 Å². The molecule has 2 aromatic carbocycles. The van der Waals surface area contributed by atoms with Gasteiger partial charge in [-0.25, -0.2) is 14.8 Å². The van der Waals surface area contributed by atoms with Gasteiger partial charge in [0.2, 0.25) is 12.0 Å². The van der Waals surface area contributed by atoms with Gasteiger partial charge in [-0.15, -0.1) is 0 Å². The number of rotatable bonds is 5. The van der Waals surface area contributed by atoms with Gasteiger partial charge < -0.3 is 14.7 Å². The summed E-state index contributed by atoms with van der Waals surface area (Å²) in [6.45, 7) is 2.97. The zero-order valence-corrected chi connectivity index (χ0v) is 19.6. The summed E-state index contributed by atoms with van der Waals surface area (Å²) in [4.78, 5) is 35.3. The van der Waals surface area contributed by atoms with E-state index in [0.717, 1.165) is 12.1 Å². The summed E-state index contributed by atoms with van der Waals surface area (Å²) in [7, 11) is 1.51. The van der Waals surface area contributed by atoms with E-state index in [9.17, 15) is 27.9 Å². The van der Waals surface area contributed by atoms with Gasteiger partial charge in [-0.3, -0.25) is 10.1 Å². The van der Waals surface area contributed by atoms with Gasteiger partial charge in [0.05, 0.1) is 12.1 Å². The molecule has 1 amide bonds. The molecular formula is C25H23F3N4O4. The van der Waals surface area contributed by atoms with Crippen LogP contribution in [0, 0.1) is 13.8 Å². The molecule has 11 heteroatoms. The number of alkyl halides is 3. The molecular weight excluding hydrogens is 477 g/mol. The summed E-state index contributed by atoms with van der Waals surface area (Å²) in [6, 6.07) is 12.1. The number of ether oxygens (including phenoxy) is 1. The molecule has 1 aliphatic heterocycles. The average molecular weight is 500 g/mol. The largest absolute Gasteiger partial charge is 0.478 e. The molecule has 36 heavy (non-hydrogen) atoms. The minimum atomic E-state index is -4.69. The van der Waals surface area contributed by atoms with Gasteiger partial charge in [-0.05, 0) is 43.7 Å². The van der Waals surface area contributed by atoms with Crippen molar-refractivity contribution < 1.29 is 32.6 Å². The van der Waals surface area contributed by atoms with Crippen molar-refractivity contribution in [2.75, 3.05) is 18.5 Å². The molecule has 1 aromatic heterocycles. The number of carboxylic acid groups (broad SMARTS) is 1. The highest BCUT2D eigenvalue weighted by Gasteiger charge is 2.52. The van der Waals surface area contributed by atoms with Gasteiger partial charge in [0.25, 0.3) is 0 Å². The number of aryl methyl sites for hydroxylation is 2. The van der Waals surface area contributed by atoms with Crippen molar-refractivity contribution in [1.82, 2.24) is 15.3 Å². The number of nitrogens with one attached hydrogen (secondary N) is 1. The molecule has 0 saturated heterocycles. The summed E-state index contributed by atoms with van der Waals surface area (Å²) in [5.41, 5.74) is -1.36. The van der Waals surface area contributed by atoms with Crippen LogP contribution < -0.4 is 15.0 Å². The molecule has 0 fully saturated rings. The number of carbonyl (C=O) groups excluding carboxylic acids is 1. The van der Waals surface area contributed by atoms with E-state index in [-0.39, 0.29) is 23.7 Å². The number of aliphatic carboxylic acids is 1. The molecule has 0 unspecified atom stereocenters. The second-order valence-corrected chi connectivity index (χ2v) is 8.48. The fraction of sp³-hybridized carbons (Fsp3) is 0.280. The number of para-hydroxylation sites is 1. The zero-order chi connectivity index (χ0) is 26.3. The quantitative estimate of drug-likeness (QED) is 0.553. The van der Waals surface area contributed by atoms with E-state index in [4.69, 9.17) is 4.74 Å². The van der Waals surface area contributed by atoms with Crippen LogP contribution in [0.3, 0.4) is 0 Å². The van der Waals surface area contributed by atoms with E-state index in [1.807, 2.05) is 0 Å². The van der Waals surface area contributed by atoms with Crippen LogP contribution in [0.1, 0.15) is 28.1 Å². The van der Waals surface area contributed by atoms with Crippen molar-refractivity contribution in [1.29, 1.82) is 0 Å². The third kappa shape index (κ3) is 4.49. The molecule has 2 heterocycles. The highest BCUT2D eigenvalue weighted by atomic mass is 19.4. The topological polar surface area (TPSA) is 105 Å². The predicted octanol–water partition coefficient (Wildman–Crippen LogP) is 3.45. The lowest BCUT2D eigenvalue weighted by Gasteiger charge is -2.39. The number of fused-ring (bicyclic) bond motifs is 1. The van der Waals surface area contributed by atoms with Gasteiger partial charge in [-0.1, -0.05) is 30.3 Å². The lowest BCUT2D eigenvalue weighted by atomic mass is 9.76. The Kier molecular flexibility index (Phi) is 6.44. The SMILES string of the molecule is Cc1cc(C)nc(O[C@H](C(=O)O)[C@@]2(c3cccc(C(F)(F)F)c3)NCC(=O)N(C)c3ccccc32)n1. The average Bonchev–Trinajstić information content (AvgIpc) is 2.92. The Bertz CT molecular complexity index is 1310. The van der Waals surface area contributed by atoms with Gasteiger partial charge in [0.15, 0.2) is 0 Å². The van der Waals surface area contributed by atoms with Crippen molar-refractivity contribution in [3.63, 3.8) is 0 Å². The Morgan fingerprint density at radius 2 is 1.78 bits per heavy atom. The first kappa shape index (κ1) is 25.1. The molecule has 2 N–H and O–H groups in total. The third-order valence-corrected chi connectivity index (χ3v) is 6.03. The van der Waals surface area contributed by atoms with Crippen molar-refractivity contribution in [3.8, 4) is 6.01 Å². The molecule has 0 aliphatic carbocycles. The molecule has 0 radical (unpaired) electrons. The number of carboxylic acids is 1. The molecule has 1 aliphatic rings. The van der Waals surface area contributed by atoms with Gasteiger partial charge in [0.1, 0.15) is 5.54 Å². The maximum atomic E-state index is 13.7. The van der Waals surface area contributed by atoms with Gasteiger partial charge in [0, 0.05) is 29.7 Å². The van der Waals surface area contributed by atoms with Crippen molar-refractivity contribution in [2.24, 2.45) is 0 Å². The van der Waals surface area contributed by atoms with E-state index in [2.05, 4.69) is 15.3 Å². The number of aromatic nitrogens is 2. The van der Waals surface area contributed by atoms with Gasteiger partial charge >= 0.3 is 18.2 Å². The van der Waals surface area contributed by atoms with Crippen LogP contribution in [0.2, 0.25) is 0 Å². The van der Waals surface area contributed by atoms with Crippen LogP contribution >= 0.6 is 0 Å². The van der Waals surface area contributed by atoms with Crippen molar-refractivity contribution in [2.45, 2.75) is 31.7 Å². The molecule has 0 saturated carbocycles. The zero-order valence-electron chi connectivity index (χ0n) is 19.6. The van der Waals surface area contributed by atoms with Gasteiger partial charge in [-0.2, -0.15) is 13.2 Å². The Morgan fingerprint density at radius 3 is 2.42 bits per heavy atom. The summed E-state index contributed by atoms with van der Waals surface area (Å²) >= 11 is 0. The predicted molar refractivity (Wildman–Crippen MR) is 124 cm³/mol. The molecule has 0 bridgehead atoms. The minimum absolute atomic E-state index is 0.0512. The second kappa shape index (κ2) is 9.23. The fourth-order valence-corrected chi connectivity index (χ4v) is 4.42. The van der Waals surface area contributed by atoms with Crippen LogP contribution in [0.15, 0.2) is 54.6 Å². The Hall–Kier alpha value is -3.99. The van der Waals surface area contributed by atoms with E-state index >= 15 is 0 Å². The van der Waals surface area contributed by atoms with Crippen molar-refractivity contribution >= 4 is 17.6 Å². The smallest absolute Gasteiger partial charge is 0.416 e. The van der Waals surface area contributed by atoms with Crippen LogP contribution in [0.25, 0.3) is 0 Å². The number of hydrogen-bond donors (Lipinski definition) is 2. The fourth-order valence-electron chi connectivity index (χ4n) is 4.42. The third-order valence-electron chi connectivity index (χ3n) is 6.03. The molecule has 188 valence electrons. The van der Waals surface area contributed by atoms with E-state index in [1.54, 1.807) is 44.2 Å². The molecule has 2 atom stereocenters. The normalized spacial score (nSPS) is 18.8. The number of anilines is 1. The first-order chi connectivity index (χ1) is 16.9. The highest BCUT2D eigenvalue weighted by molar-refractivity contribution is 5.97. The summed E-state index contributed by atoms with van der Waals surface area (Å²) in [5, 5.41) is 13.3. The number of likely N-dealkylation sites (N-methyl/N-ethyl adjacent to an activating group) is 1. The summed E-state index contributed by atoms with van der Waals surface area (Å²) in [5.74, 6) is -1.91. The maximum Gasteiger partial charge on any atom is 0.416 e. The second-order valence-electron chi connectivity index (χ2n) is 8.48. The number of halogens is 3.